The number of hydrazine groups is 1. The molecule has 6 nitrogen and oxygen atoms in total. The van der Waals surface area contributed by atoms with Crippen LogP contribution in [0.3, 0.4) is 0 Å². The number of hydrogen-bond acceptors (Lipinski definition) is 4. The molecule has 0 saturated heterocycles. The molecule has 0 saturated carbocycles. The smallest absolute Gasteiger partial charge is 0.276 e. The van der Waals surface area contributed by atoms with Crippen LogP contribution in [0.15, 0.2) is 54.6 Å². The van der Waals surface area contributed by atoms with Gasteiger partial charge < -0.3 is 9.47 Å². The van der Waals surface area contributed by atoms with E-state index in [-0.39, 0.29) is 6.61 Å². The van der Waals surface area contributed by atoms with E-state index < -0.39 is 11.8 Å². The number of methoxy groups -OCH3 is 1. The van der Waals surface area contributed by atoms with Crippen molar-refractivity contribution >= 4 is 17.9 Å². The Morgan fingerprint density at radius 2 is 1.71 bits per heavy atom. The molecule has 28 heavy (non-hydrogen) atoms. The minimum absolute atomic E-state index is 0.191. The predicted octanol–water partition coefficient (Wildman–Crippen LogP) is 3.45. The molecule has 0 aliphatic heterocycles. The van der Waals surface area contributed by atoms with Crippen LogP contribution in [-0.4, -0.2) is 25.5 Å². The molecule has 0 bridgehead atoms. The lowest BCUT2D eigenvalue weighted by Crippen LogP contribution is -2.43. The number of nitrogens with one attached hydrogen (secondary N) is 2. The van der Waals surface area contributed by atoms with Crippen LogP contribution in [0, 0.1) is 0 Å². The molecule has 1 unspecified atom stereocenters. The maximum atomic E-state index is 12.0. The first-order chi connectivity index (χ1) is 13.5. The third kappa shape index (κ3) is 6.16. The average molecular weight is 382 g/mol. The summed E-state index contributed by atoms with van der Waals surface area (Å²) in [6, 6.07) is 14.9. The second kappa shape index (κ2) is 10.8. The van der Waals surface area contributed by atoms with Gasteiger partial charge in [0.15, 0.2) is 6.61 Å². The van der Waals surface area contributed by atoms with E-state index in [4.69, 9.17) is 9.47 Å². The molecule has 2 N–H and O–H groups in total. The van der Waals surface area contributed by atoms with E-state index in [1.54, 1.807) is 19.3 Å². The number of carbonyl (C=O) groups excluding carboxylic acids is 2. The number of benzene rings is 2. The van der Waals surface area contributed by atoms with Gasteiger partial charge >= 0.3 is 0 Å². The van der Waals surface area contributed by atoms with Crippen molar-refractivity contribution in [3.63, 3.8) is 0 Å². The monoisotopic (exact) mass is 382 g/mol. The molecule has 0 fully saturated rings. The van der Waals surface area contributed by atoms with Crippen molar-refractivity contribution in [2.45, 2.75) is 26.2 Å². The van der Waals surface area contributed by atoms with Gasteiger partial charge in [-0.25, -0.2) is 0 Å². The summed E-state index contributed by atoms with van der Waals surface area (Å²) in [6.07, 6.45) is 3.90. The first-order valence-corrected chi connectivity index (χ1v) is 9.16. The van der Waals surface area contributed by atoms with Gasteiger partial charge in [-0.3, -0.25) is 20.4 Å². The van der Waals surface area contributed by atoms with Crippen LogP contribution in [0.2, 0.25) is 0 Å². The first kappa shape index (κ1) is 21.0. The number of rotatable bonds is 8. The molecule has 1 atom stereocenters. The number of para-hydroxylation sites is 2. The second-order valence-corrected chi connectivity index (χ2v) is 6.25. The lowest BCUT2D eigenvalue weighted by molar-refractivity contribution is -0.128. The molecule has 2 aromatic rings. The molecule has 2 amide bonds. The fraction of sp³-hybridized carbons (Fsp3) is 0.273. The number of hydrogen-bond donors (Lipinski definition) is 2. The van der Waals surface area contributed by atoms with Gasteiger partial charge in [-0.2, -0.15) is 0 Å². The summed E-state index contributed by atoms with van der Waals surface area (Å²) >= 11 is 0. The Hall–Kier alpha value is -3.28. The Kier molecular flexibility index (Phi) is 8.09. The van der Waals surface area contributed by atoms with Crippen LogP contribution in [0.4, 0.5) is 0 Å². The highest BCUT2D eigenvalue weighted by atomic mass is 16.5. The summed E-state index contributed by atoms with van der Waals surface area (Å²) in [5.41, 5.74) is 6.48. The van der Waals surface area contributed by atoms with Crippen molar-refractivity contribution in [1.82, 2.24) is 10.9 Å². The first-order valence-electron chi connectivity index (χ1n) is 9.16. The minimum atomic E-state index is -0.459. The van der Waals surface area contributed by atoms with Crippen molar-refractivity contribution in [2.75, 3.05) is 13.7 Å². The van der Waals surface area contributed by atoms with Crippen molar-refractivity contribution in [2.24, 2.45) is 0 Å². The van der Waals surface area contributed by atoms with Gasteiger partial charge in [0.25, 0.3) is 11.8 Å². The molecule has 0 spiro atoms. The number of ether oxygens (including phenoxy) is 2. The summed E-state index contributed by atoms with van der Waals surface area (Å²) in [5.74, 6) is 0.759. The molecule has 0 aliphatic carbocycles. The summed E-state index contributed by atoms with van der Waals surface area (Å²) in [5, 5.41) is 0. The molecule has 148 valence electrons. The van der Waals surface area contributed by atoms with E-state index in [9.17, 15) is 9.59 Å². The molecular formula is C22H26N2O4. The largest absolute Gasteiger partial charge is 0.496 e. The van der Waals surface area contributed by atoms with Gasteiger partial charge in [-0.05, 0) is 36.1 Å². The topological polar surface area (TPSA) is 76.7 Å². The van der Waals surface area contributed by atoms with E-state index in [0.717, 1.165) is 17.5 Å². The molecule has 2 rings (SSSR count). The van der Waals surface area contributed by atoms with E-state index in [2.05, 4.69) is 24.7 Å². The Balaban J connectivity index is 1.83. The fourth-order valence-electron chi connectivity index (χ4n) is 2.56. The Labute approximate surface area is 165 Å². The molecule has 0 heterocycles. The predicted molar refractivity (Wildman–Crippen MR) is 109 cm³/mol. The van der Waals surface area contributed by atoms with Crippen LogP contribution in [0.5, 0.6) is 11.5 Å². The zero-order chi connectivity index (χ0) is 20.4. The van der Waals surface area contributed by atoms with E-state index in [1.807, 2.05) is 42.5 Å². The maximum absolute atomic E-state index is 12.0. The normalized spacial score (nSPS) is 11.7. The summed E-state index contributed by atoms with van der Waals surface area (Å²) in [6.45, 7) is 4.02. The number of amides is 2. The van der Waals surface area contributed by atoms with Crippen molar-refractivity contribution in [3.8, 4) is 11.5 Å². The van der Waals surface area contributed by atoms with Crippen molar-refractivity contribution in [3.05, 3.63) is 65.7 Å². The second-order valence-electron chi connectivity index (χ2n) is 6.25. The Morgan fingerprint density at radius 3 is 2.43 bits per heavy atom. The van der Waals surface area contributed by atoms with Crippen LogP contribution in [-0.2, 0) is 9.59 Å². The standard InChI is InChI=1S/C22H26N2O4/c1-4-16(2)18-10-6-8-12-20(18)28-15-22(26)24-23-21(25)14-13-17-9-5-7-11-19(17)27-3/h5-14,16H,4,15H2,1-3H3,(H,23,25)(H,24,26)/b14-13+. The summed E-state index contributed by atoms with van der Waals surface area (Å²) < 4.78 is 10.8. The van der Waals surface area contributed by atoms with Gasteiger partial charge in [-0.1, -0.05) is 50.2 Å². The highest BCUT2D eigenvalue weighted by molar-refractivity contribution is 5.93. The zero-order valence-corrected chi connectivity index (χ0v) is 16.4. The SMILES string of the molecule is CCC(C)c1ccccc1OCC(=O)NNC(=O)/C=C/c1ccccc1OC. The molecule has 6 heteroatoms. The van der Waals surface area contributed by atoms with Crippen molar-refractivity contribution < 1.29 is 19.1 Å². The molecular weight excluding hydrogens is 356 g/mol. The quantitative estimate of drug-likeness (QED) is 0.542. The van der Waals surface area contributed by atoms with Crippen molar-refractivity contribution in [1.29, 1.82) is 0 Å². The lowest BCUT2D eigenvalue weighted by atomic mass is 9.98. The molecule has 0 radical (unpaired) electrons. The van der Waals surface area contributed by atoms with E-state index in [0.29, 0.717) is 17.4 Å². The molecule has 0 aliphatic rings. The Morgan fingerprint density at radius 1 is 1.04 bits per heavy atom. The number of carbonyl (C=O) groups is 2. The van der Waals surface area contributed by atoms with Crippen LogP contribution in [0.1, 0.15) is 37.3 Å². The third-order valence-corrected chi connectivity index (χ3v) is 4.30. The highest BCUT2D eigenvalue weighted by Crippen LogP contribution is 2.28. The van der Waals surface area contributed by atoms with Gasteiger partial charge in [0, 0.05) is 11.6 Å². The molecule has 0 aromatic heterocycles. The van der Waals surface area contributed by atoms with Gasteiger partial charge in [0.2, 0.25) is 0 Å². The summed E-state index contributed by atoms with van der Waals surface area (Å²) in [4.78, 5) is 23.8. The van der Waals surface area contributed by atoms with Gasteiger partial charge in [-0.15, -0.1) is 0 Å². The third-order valence-electron chi connectivity index (χ3n) is 4.30. The Bertz CT molecular complexity index is 833. The minimum Gasteiger partial charge on any atom is -0.496 e. The van der Waals surface area contributed by atoms with Gasteiger partial charge in [0.05, 0.1) is 7.11 Å². The lowest BCUT2D eigenvalue weighted by Gasteiger charge is -2.15. The average Bonchev–Trinajstić information content (AvgIpc) is 2.74. The van der Waals surface area contributed by atoms with E-state index in [1.165, 1.54) is 6.08 Å². The maximum Gasteiger partial charge on any atom is 0.276 e. The summed E-state index contributed by atoms with van der Waals surface area (Å²) in [7, 11) is 1.56. The van der Waals surface area contributed by atoms with E-state index >= 15 is 0 Å². The van der Waals surface area contributed by atoms with Gasteiger partial charge in [0.1, 0.15) is 11.5 Å². The molecule has 2 aromatic carbocycles. The highest BCUT2D eigenvalue weighted by Gasteiger charge is 2.11. The van der Waals surface area contributed by atoms with Crippen LogP contribution >= 0.6 is 0 Å². The van der Waals surface area contributed by atoms with Crippen LogP contribution in [0.25, 0.3) is 6.08 Å². The fourth-order valence-corrected chi connectivity index (χ4v) is 2.56. The van der Waals surface area contributed by atoms with Crippen LogP contribution < -0.4 is 20.3 Å². The zero-order valence-electron chi connectivity index (χ0n) is 16.4.